The number of fused-ring (bicyclic) bond motifs is 1. The number of carbonyl (C=O) groups excluding carboxylic acids is 1. The van der Waals surface area contributed by atoms with Gasteiger partial charge in [-0.1, -0.05) is 41.9 Å². The van der Waals surface area contributed by atoms with Crippen molar-refractivity contribution in [2.45, 2.75) is 6.42 Å². The molecule has 5 heteroatoms. The van der Waals surface area contributed by atoms with Crippen LogP contribution in [-0.4, -0.2) is 37.0 Å². The molecule has 26 heavy (non-hydrogen) atoms. The van der Waals surface area contributed by atoms with Crippen LogP contribution in [0.15, 0.2) is 60.8 Å². The molecule has 0 atom stereocenters. The molecule has 1 aliphatic heterocycles. The molecule has 0 saturated carbocycles. The fraction of sp³-hybridized carbons (Fsp3) is 0.238. The predicted molar refractivity (Wildman–Crippen MR) is 104 cm³/mol. The number of nitrogens with zero attached hydrogens (tertiary/aromatic N) is 2. The molecule has 0 spiro atoms. The molecule has 1 saturated heterocycles. The van der Waals surface area contributed by atoms with Gasteiger partial charge in [0.2, 0.25) is 11.4 Å². The molecule has 132 valence electrons. The largest absolute Gasteiger partial charge is 0.367 e. The lowest BCUT2D eigenvalue weighted by atomic mass is 10.1. The highest BCUT2D eigenvalue weighted by molar-refractivity contribution is 6.31. The smallest absolute Gasteiger partial charge is 0.227 e. The number of H-pyrrole nitrogens is 1. The third-order valence-corrected chi connectivity index (χ3v) is 5.14. The van der Waals surface area contributed by atoms with E-state index in [1.165, 1.54) is 5.69 Å². The quantitative estimate of drug-likeness (QED) is 0.714. The second kappa shape index (κ2) is 7.34. The summed E-state index contributed by atoms with van der Waals surface area (Å²) in [6, 6.07) is 17.9. The van der Waals surface area contributed by atoms with Crippen LogP contribution >= 0.6 is 11.6 Å². The zero-order valence-electron chi connectivity index (χ0n) is 14.5. The molecule has 1 amide bonds. The van der Waals surface area contributed by atoms with E-state index < -0.39 is 0 Å². The number of hydrogen-bond acceptors (Lipinski definition) is 2. The van der Waals surface area contributed by atoms with Crippen LogP contribution in [0, 0.1) is 0 Å². The summed E-state index contributed by atoms with van der Waals surface area (Å²) in [5, 5.41) is 1.88. The number of aromatic nitrogens is 1. The standard InChI is InChI=1S/C21H20ClN3O/c22-17-6-7-18-19(15-17)23-9-8-20(18)24-10-12-25(13-11-24)21(26)14-16-4-2-1-3-5-16/h1-9,15H,10-14H2/p+1. The van der Waals surface area contributed by atoms with E-state index in [1.807, 2.05) is 53.6 Å². The van der Waals surface area contributed by atoms with E-state index in [2.05, 4.69) is 22.0 Å². The summed E-state index contributed by atoms with van der Waals surface area (Å²) in [7, 11) is 0. The Morgan fingerprint density at radius 3 is 2.54 bits per heavy atom. The van der Waals surface area contributed by atoms with E-state index in [-0.39, 0.29) is 5.91 Å². The third-order valence-electron chi connectivity index (χ3n) is 4.91. The molecular formula is C21H21ClN3O+. The minimum atomic E-state index is 0.203. The number of halogens is 1. The average Bonchev–Trinajstić information content (AvgIpc) is 2.68. The average molecular weight is 367 g/mol. The zero-order valence-corrected chi connectivity index (χ0v) is 15.2. The van der Waals surface area contributed by atoms with Gasteiger partial charge in [-0.2, -0.15) is 0 Å². The summed E-state index contributed by atoms with van der Waals surface area (Å²) in [5.74, 6) is 0.203. The van der Waals surface area contributed by atoms with Gasteiger partial charge >= 0.3 is 0 Å². The SMILES string of the molecule is O=C(Cc1ccccc1)N1CCN(c2cc[nH+]c3cc(Cl)ccc23)CC1. The minimum Gasteiger partial charge on any atom is -0.367 e. The molecule has 0 unspecified atom stereocenters. The van der Waals surface area contributed by atoms with Crippen molar-refractivity contribution in [1.82, 2.24) is 4.90 Å². The number of carbonyl (C=O) groups is 1. The van der Waals surface area contributed by atoms with Crippen LogP contribution in [0.1, 0.15) is 5.56 Å². The van der Waals surface area contributed by atoms with Gasteiger partial charge in [0.1, 0.15) is 0 Å². The maximum atomic E-state index is 12.5. The van der Waals surface area contributed by atoms with Crippen molar-refractivity contribution in [3.63, 3.8) is 0 Å². The molecule has 0 bridgehead atoms. The molecular weight excluding hydrogens is 346 g/mol. The zero-order chi connectivity index (χ0) is 17.9. The van der Waals surface area contributed by atoms with Gasteiger partial charge in [-0.15, -0.1) is 0 Å². The van der Waals surface area contributed by atoms with Crippen molar-refractivity contribution in [3.8, 4) is 0 Å². The summed E-state index contributed by atoms with van der Waals surface area (Å²) < 4.78 is 0. The molecule has 3 aromatic rings. The predicted octanol–water partition coefficient (Wildman–Crippen LogP) is 3.20. The van der Waals surface area contributed by atoms with E-state index in [9.17, 15) is 4.79 Å². The van der Waals surface area contributed by atoms with Crippen molar-refractivity contribution in [1.29, 1.82) is 0 Å². The molecule has 1 aliphatic rings. The van der Waals surface area contributed by atoms with Gasteiger partial charge in [0, 0.05) is 43.3 Å². The van der Waals surface area contributed by atoms with Crippen molar-refractivity contribution < 1.29 is 9.78 Å². The number of anilines is 1. The number of benzene rings is 2. The van der Waals surface area contributed by atoms with Crippen LogP contribution in [0.5, 0.6) is 0 Å². The monoisotopic (exact) mass is 366 g/mol. The molecule has 1 aromatic heterocycles. The molecule has 2 heterocycles. The highest BCUT2D eigenvalue weighted by Crippen LogP contribution is 2.26. The minimum absolute atomic E-state index is 0.203. The lowest BCUT2D eigenvalue weighted by molar-refractivity contribution is -0.344. The Bertz CT molecular complexity index is 921. The summed E-state index contributed by atoms with van der Waals surface area (Å²) in [4.78, 5) is 20.1. The third kappa shape index (κ3) is 3.51. The molecule has 0 radical (unpaired) electrons. The van der Waals surface area contributed by atoms with Crippen molar-refractivity contribution in [3.05, 3.63) is 71.4 Å². The van der Waals surface area contributed by atoms with Gasteiger partial charge in [0.15, 0.2) is 6.20 Å². The van der Waals surface area contributed by atoms with Gasteiger partial charge in [-0.25, -0.2) is 4.98 Å². The summed E-state index contributed by atoms with van der Waals surface area (Å²) in [6.07, 6.45) is 2.42. The van der Waals surface area contributed by atoms with Gasteiger partial charge in [-0.3, -0.25) is 4.79 Å². The topological polar surface area (TPSA) is 37.7 Å². The summed E-state index contributed by atoms with van der Waals surface area (Å²) in [6.45, 7) is 3.17. The fourth-order valence-corrected chi connectivity index (χ4v) is 3.69. The number of aromatic amines is 1. The highest BCUT2D eigenvalue weighted by atomic mass is 35.5. The Balaban J connectivity index is 1.45. The van der Waals surface area contributed by atoms with E-state index >= 15 is 0 Å². The maximum Gasteiger partial charge on any atom is 0.227 e. The van der Waals surface area contributed by atoms with E-state index in [0.29, 0.717) is 6.42 Å². The van der Waals surface area contributed by atoms with Gasteiger partial charge in [-0.05, 0) is 17.7 Å². The fourth-order valence-electron chi connectivity index (χ4n) is 3.51. The summed E-state index contributed by atoms with van der Waals surface area (Å²) in [5.41, 5.74) is 3.28. The molecule has 2 aromatic carbocycles. The first-order valence-electron chi connectivity index (χ1n) is 8.87. The molecule has 1 N–H and O–H groups in total. The Morgan fingerprint density at radius 1 is 1.00 bits per heavy atom. The number of hydrogen-bond donors (Lipinski definition) is 0. The first kappa shape index (κ1) is 16.9. The van der Waals surface area contributed by atoms with Crippen LogP contribution in [0.25, 0.3) is 10.9 Å². The Kier molecular flexibility index (Phi) is 4.76. The highest BCUT2D eigenvalue weighted by Gasteiger charge is 2.23. The van der Waals surface area contributed by atoms with Crippen molar-refractivity contribution in [2.75, 3.05) is 31.1 Å². The summed E-state index contributed by atoms with van der Waals surface area (Å²) >= 11 is 6.10. The van der Waals surface area contributed by atoms with Gasteiger partial charge in [0.05, 0.1) is 17.5 Å². The van der Waals surface area contributed by atoms with Gasteiger partial charge in [0.25, 0.3) is 0 Å². The molecule has 4 rings (SSSR count). The van der Waals surface area contributed by atoms with Crippen LogP contribution in [-0.2, 0) is 11.2 Å². The Hall–Kier alpha value is -2.59. The van der Waals surface area contributed by atoms with E-state index in [1.54, 1.807) is 0 Å². The first-order valence-corrected chi connectivity index (χ1v) is 9.25. The Morgan fingerprint density at radius 2 is 1.77 bits per heavy atom. The van der Waals surface area contributed by atoms with Crippen LogP contribution in [0.4, 0.5) is 5.69 Å². The van der Waals surface area contributed by atoms with E-state index in [4.69, 9.17) is 11.6 Å². The number of rotatable bonds is 3. The van der Waals surface area contributed by atoms with Crippen LogP contribution < -0.4 is 9.88 Å². The van der Waals surface area contributed by atoms with Crippen molar-refractivity contribution in [2.24, 2.45) is 0 Å². The van der Waals surface area contributed by atoms with E-state index in [0.717, 1.165) is 47.7 Å². The normalized spacial score (nSPS) is 14.7. The lowest BCUT2D eigenvalue weighted by Crippen LogP contribution is -2.49. The number of nitrogens with one attached hydrogen (secondary N) is 1. The second-order valence-electron chi connectivity index (χ2n) is 6.58. The number of amides is 1. The molecule has 4 nitrogen and oxygen atoms in total. The molecule has 1 fully saturated rings. The maximum absolute atomic E-state index is 12.5. The van der Waals surface area contributed by atoms with Gasteiger partial charge < -0.3 is 9.80 Å². The molecule has 0 aliphatic carbocycles. The Labute approximate surface area is 158 Å². The second-order valence-corrected chi connectivity index (χ2v) is 7.02. The van der Waals surface area contributed by atoms with Crippen LogP contribution in [0.3, 0.4) is 0 Å². The van der Waals surface area contributed by atoms with Crippen molar-refractivity contribution >= 4 is 34.1 Å². The number of piperazine rings is 1. The first-order chi connectivity index (χ1) is 12.7. The number of pyridine rings is 1. The lowest BCUT2D eigenvalue weighted by Gasteiger charge is -2.36. The van der Waals surface area contributed by atoms with Crippen LogP contribution in [0.2, 0.25) is 5.02 Å².